The Labute approximate surface area is 73.3 Å². The highest BCUT2D eigenvalue weighted by molar-refractivity contribution is 5.28. The van der Waals surface area contributed by atoms with Crippen LogP contribution in [0.1, 0.15) is 19.3 Å². The molecule has 0 unspecified atom stereocenters. The van der Waals surface area contributed by atoms with E-state index in [-0.39, 0.29) is 0 Å². The average Bonchev–Trinajstić information content (AvgIpc) is 2.03. The van der Waals surface area contributed by atoms with Gasteiger partial charge in [0.25, 0.3) is 0 Å². The number of terminal acetylenes is 1. The van der Waals surface area contributed by atoms with Gasteiger partial charge in [-0.05, 0) is 12.5 Å². The lowest BCUT2D eigenvalue weighted by Gasteiger charge is -2.22. The highest BCUT2D eigenvalue weighted by atomic mass is 14.9. The van der Waals surface area contributed by atoms with Crippen LogP contribution in [0.2, 0.25) is 0 Å². The van der Waals surface area contributed by atoms with Crippen molar-refractivity contribution in [2.45, 2.75) is 24.9 Å². The van der Waals surface area contributed by atoms with Crippen LogP contribution in [0.15, 0.2) is 23.8 Å². The lowest BCUT2D eigenvalue weighted by molar-refractivity contribution is 0.553. The molecule has 0 aromatic rings. The third-order valence-corrected chi connectivity index (χ3v) is 1.88. The molecule has 1 aliphatic carbocycles. The number of allylic oxidation sites excluding steroid dienone is 2. The normalized spacial score (nSPS) is 19.9. The van der Waals surface area contributed by atoms with Gasteiger partial charge in [0.15, 0.2) is 0 Å². The molecule has 0 amide bonds. The van der Waals surface area contributed by atoms with Gasteiger partial charge >= 0.3 is 0 Å². The van der Waals surface area contributed by atoms with Gasteiger partial charge in [0, 0.05) is 12.8 Å². The summed E-state index contributed by atoms with van der Waals surface area (Å²) < 4.78 is 0. The van der Waals surface area contributed by atoms with Gasteiger partial charge in [-0.25, -0.2) is 0 Å². The van der Waals surface area contributed by atoms with Crippen molar-refractivity contribution in [1.82, 2.24) is 0 Å². The summed E-state index contributed by atoms with van der Waals surface area (Å²) >= 11 is 0. The van der Waals surface area contributed by atoms with Gasteiger partial charge in [-0.3, -0.25) is 0 Å². The zero-order valence-corrected chi connectivity index (χ0v) is 7.09. The fraction of sp³-hybridized carbons (Fsp3) is 0.400. The van der Waals surface area contributed by atoms with Crippen LogP contribution in [0.5, 0.6) is 0 Å². The molecule has 4 N–H and O–H groups in total. The first-order chi connectivity index (χ1) is 5.64. The molecule has 64 valence electrons. The molecule has 0 saturated carbocycles. The Balaban J connectivity index is 2.48. The minimum atomic E-state index is -0.653. The third-order valence-electron chi connectivity index (χ3n) is 1.88. The van der Waals surface area contributed by atoms with Crippen LogP contribution in [-0.4, -0.2) is 5.66 Å². The van der Waals surface area contributed by atoms with E-state index in [9.17, 15) is 0 Å². The predicted octanol–water partition coefficient (Wildman–Crippen LogP) is 0.900. The van der Waals surface area contributed by atoms with Crippen molar-refractivity contribution in [2.75, 3.05) is 0 Å². The van der Waals surface area contributed by atoms with E-state index in [4.69, 9.17) is 17.9 Å². The summed E-state index contributed by atoms with van der Waals surface area (Å²) in [7, 11) is 0. The Morgan fingerprint density at radius 1 is 1.58 bits per heavy atom. The number of nitrogens with two attached hydrogens (primary N) is 2. The van der Waals surface area contributed by atoms with Crippen molar-refractivity contribution < 1.29 is 0 Å². The minimum Gasteiger partial charge on any atom is -0.310 e. The molecule has 12 heavy (non-hydrogen) atoms. The van der Waals surface area contributed by atoms with Gasteiger partial charge in [0.05, 0.1) is 5.66 Å². The van der Waals surface area contributed by atoms with Gasteiger partial charge in [-0.15, -0.1) is 12.3 Å². The molecule has 2 nitrogen and oxygen atoms in total. The molecule has 2 heteroatoms. The van der Waals surface area contributed by atoms with Gasteiger partial charge in [0.1, 0.15) is 0 Å². The third kappa shape index (κ3) is 2.54. The Kier molecular flexibility index (Phi) is 2.69. The van der Waals surface area contributed by atoms with E-state index < -0.39 is 5.66 Å². The molecule has 0 aromatic carbocycles. The summed E-state index contributed by atoms with van der Waals surface area (Å²) in [6.07, 6.45) is 13.4. The summed E-state index contributed by atoms with van der Waals surface area (Å²) in [5.74, 6) is 2.60. The highest BCUT2D eigenvalue weighted by Gasteiger charge is 2.16. The molecule has 0 fully saturated rings. The second-order valence-corrected chi connectivity index (χ2v) is 3.13. The van der Waals surface area contributed by atoms with Crippen LogP contribution >= 0.6 is 0 Å². The van der Waals surface area contributed by atoms with Gasteiger partial charge in [0.2, 0.25) is 0 Å². The first kappa shape index (κ1) is 9.05. The lowest BCUT2D eigenvalue weighted by Crippen LogP contribution is -2.47. The zero-order chi connectivity index (χ0) is 9.03. The summed E-state index contributed by atoms with van der Waals surface area (Å²) in [4.78, 5) is 0. The van der Waals surface area contributed by atoms with E-state index in [0.717, 1.165) is 12.8 Å². The first-order valence-corrected chi connectivity index (χ1v) is 4.03. The fourth-order valence-electron chi connectivity index (χ4n) is 1.11. The minimum absolute atomic E-state index is 0.653. The van der Waals surface area contributed by atoms with Crippen molar-refractivity contribution in [3.8, 4) is 12.3 Å². The number of rotatable bonds is 2. The summed E-state index contributed by atoms with van der Waals surface area (Å²) in [5.41, 5.74) is 11.9. The molecule has 1 rings (SSSR count). The molecular weight excluding hydrogens is 148 g/mol. The van der Waals surface area contributed by atoms with E-state index in [1.807, 2.05) is 12.2 Å². The monoisotopic (exact) mass is 162 g/mol. The molecule has 0 spiro atoms. The predicted molar refractivity (Wildman–Crippen MR) is 51.0 cm³/mol. The number of hydrogen-bond donors (Lipinski definition) is 2. The largest absolute Gasteiger partial charge is 0.310 e. The van der Waals surface area contributed by atoms with Crippen molar-refractivity contribution in [1.29, 1.82) is 0 Å². The Hall–Kier alpha value is -1.04. The molecule has 0 saturated heterocycles. The van der Waals surface area contributed by atoms with Crippen LogP contribution in [0.4, 0.5) is 0 Å². The molecule has 0 heterocycles. The summed E-state index contributed by atoms with van der Waals surface area (Å²) in [5, 5.41) is 0. The van der Waals surface area contributed by atoms with Crippen molar-refractivity contribution in [3.05, 3.63) is 23.8 Å². The molecule has 0 bridgehead atoms. The van der Waals surface area contributed by atoms with Crippen molar-refractivity contribution in [3.63, 3.8) is 0 Å². The Bertz CT molecular complexity index is 254. The maximum absolute atomic E-state index is 5.67. The molecular formula is C10H14N2. The molecule has 0 aromatic heterocycles. The zero-order valence-electron chi connectivity index (χ0n) is 7.09. The molecule has 1 aliphatic rings. The van der Waals surface area contributed by atoms with Gasteiger partial charge in [-0.2, -0.15) is 0 Å². The second kappa shape index (κ2) is 3.57. The van der Waals surface area contributed by atoms with Crippen molar-refractivity contribution >= 4 is 0 Å². The van der Waals surface area contributed by atoms with E-state index >= 15 is 0 Å². The number of hydrogen-bond acceptors (Lipinski definition) is 2. The molecule has 0 aliphatic heterocycles. The average molecular weight is 162 g/mol. The summed E-state index contributed by atoms with van der Waals surface area (Å²) in [6, 6.07) is 0. The van der Waals surface area contributed by atoms with Crippen molar-refractivity contribution in [2.24, 2.45) is 11.5 Å². The lowest BCUT2D eigenvalue weighted by atomic mass is 9.96. The fourth-order valence-corrected chi connectivity index (χ4v) is 1.11. The summed E-state index contributed by atoms with van der Waals surface area (Å²) in [6.45, 7) is 0. The van der Waals surface area contributed by atoms with Crippen LogP contribution < -0.4 is 11.5 Å². The maximum atomic E-state index is 5.67. The molecule has 0 radical (unpaired) electrons. The van der Waals surface area contributed by atoms with E-state index in [2.05, 4.69) is 12.0 Å². The standard InChI is InChI=1S/C10H14N2/c1-2-3-4-9-5-7-10(11,12)8-6-9/h1,5-7H,3-4,8,11-12H2. The van der Waals surface area contributed by atoms with E-state index in [1.54, 1.807) is 0 Å². The SMILES string of the molecule is C#CCCC1=CCC(N)(N)C=C1. The highest BCUT2D eigenvalue weighted by Crippen LogP contribution is 2.17. The first-order valence-electron chi connectivity index (χ1n) is 4.03. The van der Waals surface area contributed by atoms with Gasteiger partial charge < -0.3 is 11.5 Å². The van der Waals surface area contributed by atoms with Crippen LogP contribution in [-0.2, 0) is 0 Å². The quantitative estimate of drug-likeness (QED) is 0.468. The van der Waals surface area contributed by atoms with Gasteiger partial charge in [-0.1, -0.05) is 17.7 Å². The molecule has 0 atom stereocenters. The smallest absolute Gasteiger partial charge is 0.0867 e. The van der Waals surface area contributed by atoms with E-state index in [0.29, 0.717) is 6.42 Å². The van der Waals surface area contributed by atoms with E-state index in [1.165, 1.54) is 5.57 Å². The van der Waals surface area contributed by atoms with Crippen LogP contribution in [0.25, 0.3) is 0 Å². The topological polar surface area (TPSA) is 52.0 Å². The second-order valence-electron chi connectivity index (χ2n) is 3.13. The van der Waals surface area contributed by atoms with Crippen LogP contribution in [0, 0.1) is 12.3 Å². The maximum Gasteiger partial charge on any atom is 0.0867 e. The van der Waals surface area contributed by atoms with Crippen LogP contribution in [0.3, 0.4) is 0 Å². The Morgan fingerprint density at radius 2 is 2.33 bits per heavy atom. The Morgan fingerprint density at radius 3 is 2.83 bits per heavy atom.